The van der Waals surface area contributed by atoms with Crippen LogP contribution in [0.5, 0.6) is 0 Å². The molecule has 0 radical (unpaired) electrons. The topological polar surface area (TPSA) is 50.7 Å². The molecule has 0 amide bonds. The SMILES string of the molecule is C=C(N=C(NC(=C)c1cccc2c1oc1ccc(C3Cc4cc5oc6ccccc6c5cc4-c4ccccc43)cc12)c1ccccc1)c1ccccc1. The highest BCUT2D eigenvalue weighted by Gasteiger charge is 2.28. The second kappa shape index (κ2) is 12.4. The van der Waals surface area contributed by atoms with Gasteiger partial charge in [0.05, 0.1) is 5.70 Å². The predicted octanol–water partition coefficient (Wildman–Crippen LogP) is 12.5. The van der Waals surface area contributed by atoms with E-state index in [0.29, 0.717) is 17.2 Å². The van der Waals surface area contributed by atoms with Gasteiger partial charge in [-0.1, -0.05) is 134 Å². The minimum absolute atomic E-state index is 0.178. The fourth-order valence-corrected chi connectivity index (χ4v) is 7.98. The third-order valence-corrected chi connectivity index (χ3v) is 10.6. The van der Waals surface area contributed by atoms with Crippen LogP contribution in [0.4, 0.5) is 0 Å². The van der Waals surface area contributed by atoms with Crippen molar-refractivity contribution in [3.05, 3.63) is 204 Å². The first-order valence-electron chi connectivity index (χ1n) is 17.9. The summed E-state index contributed by atoms with van der Waals surface area (Å²) in [4.78, 5) is 4.94. The molecular formula is C49H34N2O2. The molecule has 0 aliphatic heterocycles. The Labute approximate surface area is 307 Å². The molecule has 1 aliphatic carbocycles. The molecule has 1 atom stereocenters. The zero-order valence-corrected chi connectivity index (χ0v) is 29.0. The minimum Gasteiger partial charge on any atom is -0.456 e. The van der Waals surface area contributed by atoms with E-state index >= 15 is 0 Å². The molecule has 1 unspecified atom stereocenters. The molecule has 0 spiro atoms. The van der Waals surface area contributed by atoms with E-state index < -0.39 is 0 Å². The molecule has 0 fully saturated rings. The predicted molar refractivity (Wildman–Crippen MR) is 219 cm³/mol. The molecule has 2 aromatic heterocycles. The van der Waals surface area contributed by atoms with E-state index in [-0.39, 0.29) is 5.92 Å². The summed E-state index contributed by atoms with van der Waals surface area (Å²) in [6.45, 7) is 8.74. The molecular weight excluding hydrogens is 649 g/mol. The van der Waals surface area contributed by atoms with Gasteiger partial charge in [-0.05, 0) is 76.2 Å². The average molecular weight is 683 g/mol. The Morgan fingerprint density at radius 1 is 0.566 bits per heavy atom. The number of benzene rings is 7. The first-order valence-corrected chi connectivity index (χ1v) is 17.9. The Morgan fingerprint density at radius 2 is 1.26 bits per heavy atom. The van der Waals surface area contributed by atoms with Crippen molar-refractivity contribution in [3.63, 3.8) is 0 Å². The van der Waals surface area contributed by atoms with E-state index in [1.165, 1.54) is 27.8 Å². The maximum Gasteiger partial charge on any atom is 0.144 e. The highest BCUT2D eigenvalue weighted by molar-refractivity contribution is 6.11. The van der Waals surface area contributed by atoms with Gasteiger partial charge in [-0.25, -0.2) is 4.99 Å². The Kier molecular flexibility index (Phi) is 7.22. The van der Waals surface area contributed by atoms with Gasteiger partial charge >= 0.3 is 0 Å². The van der Waals surface area contributed by atoms with Crippen molar-refractivity contribution in [1.82, 2.24) is 5.32 Å². The average Bonchev–Trinajstić information content (AvgIpc) is 3.77. The Bertz CT molecular complexity index is 2930. The summed E-state index contributed by atoms with van der Waals surface area (Å²) in [5.41, 5.74) is 14.0. The lowest BCUT2D eigenvalue weighted by atomic mass is 9.75. The summed E-state index contributed by atoms with van der Waals surface area (Å²) in [5, 5.41) is 7.96. The number of furan rings is 2. The van der Waals surface area contributed by atoms with Crippen molar-refractivity contribution in [1.29, 1.82) is 0 Å². The molecule has 1 N–H and O–H groups in total. The number of hydrogen-bond donors (Lipinski definition) is 1. The van der Waals surface area contributed by atoms with Crippen LogP contribution in [0.25, 0.3) is 66.4 Å². The maximum absolute atomic E-state index is 6.62. The van der Waals surface area contributed by atoms with Crippen molar-refractivity contribution in [2.24, 2.45) is 4.99 Å². The lowest BCUT2D eigenvalue weighted by Crippen LogP contribution is -2.22. The van der Waals surface area contributed by atoms with Crippen LogP contribution >= 0.6 is 0 Å². The van der Waals surface area contributed by atoms with E-state index in [2.05, 4.69) is 97.3 Å². The Morgan fingerprint density at radius 3 is 2.11 bits per heavy atom. The van der Waals surface area contributed by atoms with Gasteiger partial charge in [0.2, 0.25) is 0 Å². The number of amidine groups is 1. The van der Waals surface area contributed by atoms with Crippen LogP contribution in [-0.4, -0.2) is 5.84 Å². The fraction of sp³-hybridized carbons (Fsp3) is 0.0408. The molecule has 1 aliphatic rings. The number of fused-ring (bicyclic) bond motifs is 9. The Hall–Kier alpha value is -6.91. The molecule has 252 valence electrons. The normalized spacial score (nSPS) is 14.0. The van der Waals surface area contributed by atoms with Crippen LogP contribution in [0.2, 0.25) is 0 Å². The molecule has 4 heteroatoms. The molecule has 0 saturated heterocycles. The van der Waals surface area contributed by atoms with E-state index in [1.807, 2.05) is 78.9 Å². The lowest BCUT2D eigenvalue weighted by molar-refractivity contribution is 0.666. The minimum atomic E-state index is 0.178. The first-order chi connectivity index (χ1) is 26.1. The lowest BCUT2D eigenvalue weighted by Gasteiger charge is -2.28. The summed E-state index contributed by atoms with van der Waals surface area (Å²) < 4.78 is 12.9. The summed E-state index contributed by atoms with van der Waals surface area (Å²) in [6, 6.07) is 54.7. The van der Waals surface area contributed by atoms with E-state index in [9.17, 15) is 0 Å². The van der Waals surface area contributed by atoms with Crippen molar-refractivity contribution in [2.45, 2.75) is 12.3 Å². The summed E-state index contributed by atoms with van der Waals surface area (Å²) >= 11 is 0. The highest BCUT2D eigenvalue weighted by Crippen LogP contribution is 2.46. The molecule has 4 nitrogen and oxygen atoms in total. The largest absolute Gasteiger partial charge is 0.456 e. The van der Waals surface area contributed by atoms with Crippen LogP contribution in [0.15, 0.2) is 185 Å². The van der Waals surface area contributed by atoms with Gasteiger partial charge in [-0.15, -0.1) is 0 Å². The number of nitrogens with zero attached hydrogens (tertiary/aromatic N) is 1. The third-order valence-electron chi connectivity index (χ3n) is 10.6. The molecule has 53 heavy (non-hydrogen) atoms. The molecule has 10 rings (SSSR count). The van der Waals surface area contributed by atoms with Crippen molar-refractivity contribution < 1.29 is 8.83 Å². The number of nitrogens with one attached hydrogen (secondary N) is 1. The summed E-state index contributed by atoms with van der Waals surface area (Å²) in [7, 11) is 0. The van der Waals surface area contributed by atoms with Gasteiger partial charge in [0.25, 0.3) is 0 Å². The van der Waals surface area contributed by atoms with Gasteiger partial charge in [0.1, 0.15) is 28.2 Å². The van der Waals surface area contributed by atoms with Crippen LogP contribution in [0.1, 0.15) is 39.3 Å². The van der Waals surface area contributed by atoms with E-state index in [0.717, 1.165) is 67.0 Å². The van der Waals surface area contributed by atoms with Gasteiger partial charge in [0.15, 0.2) is 0 Å². The van der Waals surface area contributed by atoms with Crippen LogP contribution in [-0.2, 0) is 6.42 Å². The maximum atomic E-state index is 6.62. The fourth-order valence-electron chi connectivity index (χ4n) is 7.98. The Balaban J connectivity index is 1.03. The smallest absolute Gasteiger partial charge is 0.144 e. The summed E-state index contributed by atoms with van der Waals surface area (Å²) in [5.74, 6) is 0.841. The van der Waals surface area contributed by atoms with Gasteiger partial charge in [-0.3, -0.25) is 0 Å². The molecule has 2 heterocycles. The van der Waals surface area contributed by atoms with Crippen molar-refractivity contribution >= 4 is 61.1 Å². The van der Waals surface area contributed by atoms with Crippen molar-refractivity contribution in [3.8, 4) is 11.1 Å². The van der Waals surface area contributed by atoms with Crippen LogP contribution in [0, 0.1) is 0 Å². The molecule has 7 aromatic carbocycles. The van der Waals surface area contributed by atoms with Gasteiger partial charge in [0, 0.05) is 44.3 Å². The van der Waals surface area contributed by atoms with Gasteiger partial charge in [-0.2, -0.15) is 0 Å². The van der Waals surface area contributed by atoms with Gasteiger partial charge < -0.3 is 14.2 Å². The molecule has 0 bridgehead atoms. The standard InChI is InChI=1S/C49H34N2O2/c1-30(32-14-5-3-6-15-32)50-49(33-16-7-4-8-17-33)51-31(2)36-21-13-22-40-43-26-34(24-25-46(43)53-48(36)40)41-27-35-28-47-44(39-20-11-12-23-45(39)52-47)29-42(35)38-19-10-9-18-37(38)41/h3-26,28-29,41H,1-2,27H2,(H,50,51). The number of rotatable bonds is 6. The van der Waals surface area contributed by atoms with Crippen LogP contribution < -0.4 is 5.32 Å². The quantitative estimate of drug-likeness (QED) is 0.140. The molecule has 0 saturated carbocycles. The monoisotopic (exact) mass is 682 g/mol. The zero-order chi connectivity index (χ0) is 35.5. The third kappa shape index (κ3) is 5.27. The second-order valence-corrected chi connectivity index (χ2v) is 13.7. The highest BCUT2D eigenvalue weighted by atomic mass is 16.3. The van der Waals surface area contributed by atoms with E-state index in [4.69, 9.17) is 13.8 Å². The van der Waals surface area contributed by atoms with Crippen LogP contribution in [0.3, 0.4) is 0 Å². The second-order valence-electron chi connectivity index (χ2n) is 13.7. The number of aliphatic imine (C=N–C) groups is 1. The first kappa shape index (κ1) is 30.9. The van der Waals surface area contributed by atoms with E-state index in [1.54, 1.807) is 0 Å². The number of para-hydroxylation sites is 2. The summed E-state index contributed by atoms with van der Waals surface area (Å²) in [6.07, 6.45) is 0.877. The van der Waals surface area contributed by atoms with Crippen molar-refractivity contribution in [2.75, 3.05) is 0 Å². The zero-order valence-electron chi connectivity index (χ0n) is 29.0. The molecule has 9 aromatic rings. The number of hydrogen-bond acceptors (Lipinski definition) is 3.